The van der Waals surface area contributed by atoms with Gasteiger partial charge in [-0.1, -0.05) is 6.07 Å². The number of carbonyl (C=O) groups is 2. The van der Waals surface area contributed by atoms with Crippen molar-refractivity contribution < 1.29 is 23.1 Å². The summed E-state index contributed by atoms with van der Waals surface area (Å²) in [5.74, 6) is -1.70. The number of carbonyl (C=O) groups excluding carboxylic acids is 2. The molecule has 28 heavy (non-hydrogen) atoms. The van der Waals surface area contributed by atoms with Crippen LogP contribution < -0.4 is 5.32 Å². The maximum Gasteiger partial charge on any atom is 0.407 e. The first kappa shape index (κ1) is 20.6. The van der Waals surface area contributed by atoms with Crippen molar-refractivity contribution in [3.63, 3.8) is 0 Å². The van der Waals surface area contributed by atoms with E-state index in [0.717, 1.165) is 18.9 Å². The predicted molar refractivity (Wildman–Crippen MR) is 101 cm³/mol. The number of benzene rings is 1. The minimum atomic E-state index is -0.873. The lowest BCUT2D eigenvalue weighted by Crippen LogP contribution is -2.45. The normalized spacial score (nSPS) is 24.6. The Labute approximate surface area is 164 Å². The molecule has 0 spiro atoms. The van der Waals surface area contributed by atoms with Gasteiger partial charge >= 0.3 is 6.09 Å². The third-order valence-electron chi connectivity index (χ3n) is 5.24. The van der Waals surface area contributed by atoms with Crippen LogP contribution in [0, 0.1) is 23.5 Å². The highest BCUT2D eigenvalue weighted by Gasteiger charge is 2.46. The van der Waals surface area contributed by atoms with Crippen LogP contribution in [-0.4, -0.2) is 42.1 Å². The van der Waals surface area contributed by atoms with Gasteiger partial charge in [0.2, 0.25) is 5.91 Å². The molecule has 2 fully saturated rings. The number of alkyl carbamates (subject to hydrolysis) is 1. The zero-order valence-corrected chi connectivity index (χ0v) is 16.6. The fourth-order valence-electron chi connectivity index (χ4n) is 3.79. The number of piperidine rings is 1. The first-order valence-electron chi connectivity index (χ1n) is 9.84. The maximum atomic E-state index is 13.4. The van der Waals surface area contributed by atoms with E-state index in [2.05, 4.69) is 5.32 Å². The van der Waals surface area contributed by atoms with Crippen LogP contribution in [0.4, 0.5) is 13.6 Å². The number of halogens is 2. The van der Waals surface area contributed by atoms with Gasteiger partial charge in [0.15, 0.2) is 11.6 Å². The van der Waals surface area contributed by atoms with E-state index in [1.165, 1.54) is 6.07 Å². The number of ether oxygens (including phenoxy) is 1. The molecule has 2 amide bonds. The Hall–Kier alpha value is -2.18. The van der Waals surface area contributed by atoms with E-state index >= 15 is 0 Å². The second-order valence-electron chi connectivity index (χ2n) is 8.80. The molecule has 2 aliphatic rings. The third kappa shape index (κ3) is 5.20. The Morgan fingerprint density at radius 2 is 2.00 bits per heavy atom. The second-order valence-corrected chi connectivity index (χ2v) is 8.80. The van der Waals surface area contributed by atoms with Crippen molar-refractivity contribution in [1.29, 1.82) is 0 Å². The lowest BCUT2D eigenvalue weighted by Gasteiger charge is -2.33. The van der Waals surface area contributed by atoms with Gasteiger partial charge in [0, 0.05) is 25.6 Å². The number of nitrogens with zero attached hydrogens (tertiary/aromatic N) is 1. The first-order chi connectivity index (χ1) is 13.1. The molecule has 1 aromatic rings. The van der Waals surface area contributed by atoms with Crippen molar-refractivity contribution >= 4 is 12.0 Å². The summed E-state index contributed by atoms with van der Waals surface area (Å²) in [5.41, 5.74) is 0.136. The SMILES string of the molecule is CC(C)(C)OC(=O)NCC1CCCN(C(=O)C2CC2c2ccc(F)c(F)c2)C1. The summed E-state index contributed by atoms with van der Waals surface area (Å²) in [5, 5.41) is 2.78. The van der Waals surface area contributed by atoms with Crippen LogP contribution in [0.25, 0.3) is 0 Å². The monoisotopic (exact) mass is 394 g/mol. The van der Waals surface area contributed by atoms with E-state index in [1.54, 1.807) is 6.07 Å². The number of rotatable bonds is 4. The molecule has 5 nitrogen and oxygen atoms in total. The van der Waals surface area contributed by atoms with Crippen molar-refractivity contribution in [3.05, 3.63) is 35.4 Å². The summed E-state index contributed by atoms with van der Waals surface area (Å²) in [6.07, 6.45) is 2.05. The van der Waals surface area contributed by atoms with Gasteiger partial charge in [0.1, 0.15) is 5.60 Å². The molecule has 1 saturated carbocycles. The minimum Gasteiger partial charge on any atom is -0.444 e. The summed E-state index contributed by atoms with van der Waals surface area (Å²) in [6.45, 7) is 7.19. The van der Waals surface area contributed by atoms with Crippen LogP contribution >= 0.6 is 0 Å². The predicted octanol–water partition coefficient (Wildman–Crippen LogP) is 3.83. The Morgan fingerprint density at radius 3 is 2.68 bits per heavy atom. The molecule has 0 bridgehead atoms. The smallest absolute Gasteiger partial charge is 0.407 e. The summed E-state index contributed by atoms with van der Waals surface area (Å²) >= 11 is 0. The Bertz CT molecular complexity index is 748. The highest BCUT2D eigenvalue weighted by Crippen LogP contribution is 2.49. The maximum absolute atomic E-state index is 13.4. The third-order valence-corrected chi connectivity index (χ3v) is 5.24. The van der Waals surface area contributed by atoms with E-state index in [0.29, 0.717) is 31.6 Å². The van der Waals surface area contributed by atoms with Crippen molar-refractivity contribution in [2.45, 2.75) is 51.6 Å². The number of nitrogens with one attached hydrogen (secondary N) is 1. The lowest BCUT2D eigenvalue weighted by molar-refractivity contribution is -0.134. The molecule has 3 rings (SSSR count). The zero-order valence-electron chi connectivity index (χ0n) is 16.6. The van der Waals surface area contributed by atoms with Gasteiger partial charge in [-0.25, -0.2) is 13.6 Å². The highest BCUT2D eigenvalue weighted by molar-refractivity contribution is 5.83. The van der Waals surface area contributed by atoms with E-state index in [4.69, 9.17) is 4.74 Å². The fourth-order valence-corrected chi connectivity index (χ4v) is 3.79. The molecule has 1 heterocycles. The molecule has 1 aromatic carbocycles. The van der Waals surface area contributed by atoms with E-state index in [9.17, 15) is 18.4 Å². The van der Waals surface area contributed by atoms with Crippen molar-refractivity contribution in [1.82, 2.24) is 10.2 Å². The summed E-state index contributed by atoms with van der Waals surface area (Å²) in [4.78, 5) is 26.5. The van der Waals surface area contributed by atoms with Gasteiger partial charge < -0.3 is 15.0 Å². The molecular formula is C21H28F2N2O3. The van der Waals surface area contributed by atoms with E-state index in [-0.39, 0.29) is 23.7 Å². The molecule has 0 aromatic heterocycles. The molecule has 1 saturated heterocycles. The molecule has 0 radical (unpaired) electrons. The Balaban J connectivity index is 1.50. The van der Waals surface area contributed by atoms with Gasteiger partial charge in [-0.05, 0) is 69.6 Å². The van der Waals surface area contributed by atoms with Crippen molar-refractivity contribution in [2.24, 2.45) is 11.8 Å². The number of amides is 2. The van der Waals surface area contributed by atoms with Crippen LogP contribution in [0.15, 0.2) is 18.2 Å². The van der Waals surface area contributed by atoms with Crippen LogP contribution in [0.1, 0.15) is 51.5 Å². The quantitative estimate of drug-likeness (QED) is 0.844. The molecular weight excluding hydrogens is 366 g/mol. The largest absolute Gasteiger partial charge is 0.444 e. The van der Waals surface area contributed by atoms with Gasteiger partial charge in [-0.3, -0.25) is 4.79 Å². The van der Waals surface area contributed by atoms with Crippen LogP contribution in [0.3, 0.4) is 0 Å². The molecule has 1 aliphatic carbocycles. The second kappa shape index (κ2) is 8.05. The summed E-state index contributed by atoms with van der Waals surface area (Å²) < 4.78 is 31.8. The van der Waals surface area contributed by atoms with Crippen molar-refractivity contribution in [3.8, 4) is 0 Å². The Morgan fingerprint density at radius 1 is 1.25 bits per heavy atom. The number of likely N-dealkylation sites (tertiary alicyclic amines) is 1. The molecule has 154 valence electrons. The molecule has 3 atom stereocenters. The molecule has 1 aliphatic heterocycles. The van der Waals surface area contributed by atoms with Crippen LogP contribution in [0.5, 0.6) is 0 Å². The highest BCUT2D eigenvalue weighted by atomic mass is 19.2. The minimum absolute atomic E-state index is 0.0390. The lowest BCUT2D eigenvalue weighted by atomic mass is 9.97. The zero-order chi connectivity index (χ0) is 20.5. The van der Waals surface area contributed by atoms with Gasteiger partial charge in [0.25, 0.3) is 0 Å². The molecule has 3 unspecified atom stereocenters. The first-order valence-corrected chi connectivity index (χ1v) is 9.84. The van der Waals surface area contributed by atoms with E-state index in [1.807, 2.05) is 25.7 Å². The number of hydrogen-bond donors (Lipinski definition) is 1. The number of hydrogen-bond acceptors (Lipinski definition) is 3. The molecule has 7 heteroatoms. The van der Waals surface area contributed by atoms with Crippen LogP contribution in [0.2, 0.25) is 0 Å². The topological polar surface area (TPSA) is 58.6 Å². The fraction of sp³-hybridized carbons (Fsp3) is 0.619. The average Bonchev–Trinajstić information content (AvgIpc) is 3.41. The summed E-state index contributed by atoms with van der Waals surface area (Å²) in [6, 6.07) is 3.86. The summed E-state index contributed by atoms with van der Waals surface area (Å²) in [7, 11) is 0. The average molecular weight is 394 g/mol. The van der Waals surface area contributed by atoms with Crippen molar-refractivity contribution in [2.75, 3.05) is 19.6 Å². The molecule has 1 N–H and O–H groups in total. The Kier molecular flexibility index (Phi) is 5.91. The van der Waals surface area contributed by atoms with Gasteiger partial charge in [-0.2, -0.15) is 0 Å². The van der Waals surface area contributed by atoms with Gasteiger partial charge in [0.05, 0.1) is 0 Å². The van der Waals surface area contributed by atoms with Crippen LogP contribution in [-0.2, 0) is 9.53 Å². The van der Waals surface area contributed by atoms with Gasteiger partial charge in [-0.15, -0.1) is 0 Å². The van der Waals surface area contributed by atoms with E-state index < -0.39 is 23.3 Å². The standard InChI is InChI=1S/C21H28F2N2O3/c1-21(2,3)28-20(27)24-11-13-5-4-8-25(12-13)19(26)16-10-15(16)14-6-7-17(22)18(23)9-14/h6-7,9,13,15-16H,4-5,8,10-12H2,1-3H3,(H,24,27).